The summed E-state index contributed by atoms with van der Waals surface area (Å²) in [5, 5.41) is 6.02. The standard InChI is InChI=1S/C19H19N3O2S/c1-11(2)17(23)22-19(25)21-14-9-6-7-13(12(14)3)18-20-15-8-4-5-10-16(15)24-18/h4-11H,1-3H3,(H2,21,22,23,25). The van der Waals surface area contributed by atoms with E-state index in [0.717, 1.165) is 27.9 Å². The maximum Gasteiger partial charge on any atom is 0.228 e. The van der Waals surface area contributed by atoms with Gasteiger partial charge < -0.3 is 15.1 Å². The van der Waals surface area contributed by atoms with E-state index in [1.807, 2.05) is 63.2 Å². The first-order valence-electron chi connectivity index (χ1n) is 8.03. The van der Waals surface area contributed by atoms with Gasteiger partial charge in [-0.3, -0.25) is 4.79 Å². The van der Waals surface area contributed by atoms with Gasteiger partial charge in [-0.05, 0) is 49.0 Å². The topological polar surface area (TPSA) is 67.2 Å². The van der Waals surface area contributed by atoms with Gasteiger partial charge in [-0.2, -0.15) is 0 Å². The number of carbonyl (C=O) groups excluding carboxylic acids is 1. The van der Waals surface area contributed by atoms with Gasteiger partial charge in [0.15, 0.2) is 10.7 Å². The molecule has 3 aromatic rings. The van der Waals surface area contributed by atoms with E-state index in [2.05, 4.69) is 15.6 Å². The number of fused-ring (bicyclic) bond motifs is 1. The summed E-state index contributed by atoms with van der Waals surface area (Å²) < 4.78 is 5.85. The molecule has 2 aromatic carbocycles. The molecule has 0 unspecified atom stereocenters. The van der Waals surface area contributed by atoms with Crippen molar-refractivity contribution >= 4 is 40.0 Å². The van der Waals surface area contributed by atoms with Crippen LogP contribution in [0.15, 0.2) is 46.9 Å². The molecule has 0 aliphatic carbocycles. The average molecular weight is 353 g/mol. The van der Waals surface area contributed by atoms with Gasteiger partial charge in [0.05, 0.1) is 0 Å². The van der Waals surface area contributed by atoms with Crippen LogP contribution in [0.3, 0.4) is 0 Å². The molecule has 0 aliphatic heterocycles. The third-order valence-electron chi connectivity index (χ3n) is 3.87. The Bertz CT molecular complexity index is 914. The molecule has 0 fully saturated rings. The number of rotatable bonds is 3. The van der Waals surface area contributed by atoms with Crippen molar-refractivity contribution in [2.45, 2.75) is 20.8 Å². The summed E-state index contributed by atoms with van der Waals surface area (Å²) in [6.07, 6.45) is 0. The van der Waals surface area contributed by atoms with Gasteiger partial charge in [-0.25, -0.2) is 4.98 Å². The highest BCUT2D eigenvalue weighted by Gasteiger charge is 2.14. The van der Waals surface area contributed by atoms with Gasteiger partial charge in [0, 0.05) is 17.2 Å². The van der Waals surface area contributed by atoms with Crippen molar-refractivity contribution < 1.29 is 9.21 Å². The SMILES string of the molecule is Cc1c(NC(=S)NC(=O)C(C)C)cccc1-c1nc2ccccc2o1. The molecular weight excluding hydrogens is 334 g/mol. The quantitative estimate of drug-likeness (QED) is 0.688. The molecule has 0 radical (unpaired) electrons. The summed E-state index contributed by atoms with van der Waals surface area (Å²) in [5.74, 6) is 0.302. The van der Waals surface area contributed by atoms with E-state index in [9.17, 15) is 4.79 Å². The lowest BCUT2D eigenvalue weighted by atomic mass is 10.1. The van der Waals surface area contributed by atoms with Gasteiger partial charge >= 0.3 is 0 Å². The maximum atomic E-state index is 11.8. The van der Waals surface area contributed by atoms with Crippen LogP contribution < -0.4 is 10.6 Å². The molecule has 0 bridgehead atoms. The summed E-state index contributed by atoms with van der Waals surface area (Å²) in [6, 6.07) is 13.4. The molecule has 1 heterocycles. The molecule has 1 amide bonds. The second-order valence-electron chi connectivity index (χ2n) is 6.06. The van der Waals surface area contributed by atoms with Crippen molar-refractivity contribution in [3.63, 3.8) is 0 Å². The number of nitrogens with one attached hydrogen (secondary N) is 2. The van der Waals surface area contributed by atoms with E-state index < -0.39 is 0 Å². The van der Waals surface area contributed by atoms with E-state index >= 15 is 0 Å². The second-order valence-corrected chi connectivity index (χ2v) is 6.47. The highest BCUT2D eigenvalue weighted by molar-refractivity contribution is 7.80. The van der Waals surface area contributed by atoms with E-state index in [1.54, 1.807) is 0 Å². The summed E-state index contributed by atoms with van der Waals surface area (Å²) in [5.41, 5.74) is 4.17. The van der Waals surface area contributed by atoms with Crippen LogP contribution in [0.1, 0.15) is 19.4 Å². The molecule has 0 spiro atoms. The van der Waals surface area contributed by atoms with Gasteiger partial charge in [-0.1, -0.05) is 32.0 Å². The van der Waals surface area contributed by atoms with Crippen LogP contribution in [0.5, 0.6) is 0 Å². The highest BCUT2D eigenvalue weighted by atomic mass is 32.1. The van der Waals surface area contributed by atoms with Gasteiger partial charge in [0.2, 0.25) is 11.8 Å². The van der Waals surface area contributed by atoms with Crippen molar-refractivity contribution in [1.82, 2.24) is 10.3 Å². The lowest BCUT2D eigenvalue weighted by Crippen LogP contribution is -2.36. The minimum atomic E-state index is -0.132. The zero-order chi connectivity index (χ0) is 18.0. The fourth-order valence-electron chi connectivity index (χ4n) is 2.40. The Kier molecular flexibility index (Phi) is 4.81. The smallest absolute Gasteiger partial charge is 0.228 e. The summed E-state index contributed by atoms with van der Waals surface area (Å²) in [7, 11) is 0. The Labute approximate surface area is 151 Å². The van der Waals surface area contributed by atoms with Crippen LogP contribution in [0.4, 0.5) is 5.69 Å². The molecule has 0 saturated carbocycles. The summed E-state index contributed by atoms with van der Waals surface area (Å²) in [6.45, 7) is 5.59. The van der Waals surface area contributed by atoms with Crippen molar-refractivity contribution in [2.24, 2.45) is 5.92 Å². The number of aromatic nitrogens is 1. The summed E-state index contributed by atoms with van der Waals surface area (Å²) in [4.78, 5) is 16.3. The Hall–Kier alpha value is -2.73. The predicted octanol–water partition coefficient (Wildman–Crippen LogP) is 4.27. The number of para-hydroxylation sites is 2. The van der Waals surface area contributed by atoms with Crippen molar-refractivity contribution in [1.29, 1.82) is 0 Å². The van der Waals surface area contributed by atoms with E-state index in [0.29, 0.717) is 5.89 Å². The van der Waals surface area contributed by atoms with Crippen molar-refractivity contribution in [3.8, 4) is 11.5 Å². The molecule has 0 atom stereocenters. The molecular formula is C19H19N3O2S. The summed E-state index contributed by atoms with van der Waals surface area (Å²) >= 11 is 5.22. The number of oxazole rings is 1. The highest BCUT2D eigenvalue weighted by Crippen LogP contribution is 2.30. The third kappa shape index (κ3) is 3.69. The lowest BCUT2D eigenvalue weighted by molar-refractivity contribution is -0.122. The third-order valence-corrected chi connectivity index (χ3v) is 4.07. The van der Waals surface area contributed by atoms with E-state index in [4.69, 9.17) is 16.6 Å². The Morgan fingerprint density at radius 1 is 1.16 bits per heavy atom. The number of amides is 1. The first kappa shape index (κ1) is 17.1. The van der Waals surface area contributed by atoms with Gasteiger partial charge in [-0.15, -0.1) is 0 Å². The number of nitrogens with zero attached hydrogens (tertiary/aromatic N) is 1. The molecule has 128 valence electrons. The van der Waals surface area contributed by atoms with Crippen LogP contribution in [0, 0.1) is 12.8 Å². The van der Waals surface area contributed by atoms with E-state index in [1.165, 1.54) is 0 Å². The average Bonchev–Trinajstić information content (AvgIpc) is 3.00. The minimum Gasteiger partial charge on any atom is -0.436 e. The number of carbonyl (C=O) groups is 1. The van der Waals surface area contributed by atoms with Crippen molar-refractivity contribution in [2.75, 3.05) is 5.32 Å². The predicted molar refractivity (Wildman–Crippen MR) is 103 cm³/mol. The fourth-order valence-corrected chi connectivity index (χ4v) is 2.61. The Morgan fingerprint density at radius 3 is 2.64 bits per heavy atom. The van der Waals surface area contributed by atoms with E-state index in [-0.39, 0.29) is 16.9 Å². The van der Waals surface area contributed by atoms with Crippen LogP contribution in [0.25, 0.3) is 22.6 Å². The largest absolute Gasteiger partial charge is 0.436 e. The maximum absolute atomic E-state index is 11.8. The second kappa shape index (κ2) is 7.03. The fraction of sp³-hybridized carbons (Fsp3) is 0.211. The van der Waals surface area contributed by atoms with Crippen LogP contribution in [-0.4, -0.2) is 16.0 Å². The molecule has 5 nitrogen and oxygen atoms in total. The molecule has 0 aliphatic rings. The number of hydrogen-bond acceptors (Lipinski definition) is 4. The zero-order valence-corrected chi connectivity index (χ0v) is 15.1. The monoisotopic (exact) mass is 353 g/mol. The van der Waals surface area contributed by atoms with Crippen LogP contribution in [0.2, 0.25) is 0 Å². The Morgan fingerprint density at radius 2 is 1.92 bits per heavy atom. The number of thiocarbonyl (C=S) groups is 1. The zero-order valence-electron chi connectivity index (χ0n) is 14.3. The molecule has 6 heteroatoms. The van der Waals surface area contributed by atoms with Gasteiger partial charge in [0.25, 0.3) is 0 Å². The number of hydrogen-bond donors (Lipinski definition) is 2. The van der Waals surface area contributed by atoms with Gasteiger partial charge in [0.1, 0.15) is 5.52 Å². The van der Waals surface area contributed by atoms with Crippen LogP contribution in [-0.2, 0) is 4.79 Å². The number of anilines is 1. The molecule has 1 aromatic heterocycles. The first-order chi connectivity index (χ1) is 12.0. The van der Waals surface area contributed by atoms with Crippen LogP contribution >= 0.6 is 12.2 Å². The molecule has 25 heavy (non-hydrogen) atoms. The number of benzene rings is 2. The normalized spacial score (nSPS) is 10.9. The Balaban J connectivity index is 1.87. The minimum absolute atomic E-state index is 0.120. The molecule has 2 N–H and O–H groups in total. The first-order valence-corrected chi connectivity index (χ1v) is 8.44. The molecule has 0 saturated heterocycles. The molecule has 3 rings (SSSR count). The lowest BCUT2D eigenvalue weighted by Gasteiger charge is -2.14. The van der Waals surface area contributed by atoms with Crippen molar-refractivity contribution in [3.05, 3.63) is 48.0 Å².